The molecule has 9 heteroatoms. The molecule has 0 atom stereocenters. The topological polar surface area (TPSA) is 93.9 Å². The molecule has 1 aliphatic rings. The summed E-state index contributed by atoms with van der Waals surface area (Å²) < 4.78 is 12.9. The van der Waals surface area contributed by atoms with Gasteiger partial charge in [-0.2, -0.15) is 0 Å². The minimum atomic E-state index is 0.391. The maximum Gasteiger partial charge on any atom is 0.142 e. The van der Waals surface area contributed by atoms with Crippen LogP contribution >= 0.6 is 0 Å². The Hall–Kier alpha value is -4.60. The molecular formula is C31H30N6O3. The lowest BCUT2D eigenvalue weighted by atomic mass is 10.0. The van der Waals surface area contributed by atoms with Crippen molar-refractivity contribution in [3.63, 3.8) is 0 Å². The number of benzene rings is 3. The number of fused-ring (bicyclic) bond motifs is 1. The fourth-order valence-corrected chi connectivity index (χ4v) is 5.08. The van der Waals surface area contributed by atoms with E-state index in [1.807, 2.05) is 36.4 Å². The van der Waals surface area contributed by atoms with E-state index < -0.39 is 0 Å². The minimum absolute atomic E-state index is 0.391. The fourth-order valence-electron chi connectivity index (χ4n) is 5.08. The first kappa shape index (κ1) is 25.7. The maximum atomic E-state index is 11.3. The van der Waals surface area contributed by atoms with Gasteiger partial charge in [-0.15, -0.1) is 4.91 Å². The first-order valence-electron chi connectivity index (χ1n) is 13.3. The number of ether oxygens (including phenoxy) is 2. The highest BCUT2D eigenvalue weighted by atomic mass is 16.5. The van der Waals surface area contributed by atoms with Crippen LogP contribution in [-0.2, 0) is 4.74 Å². The monoisotopic (exact) mass is 534 g/mol. The largest absolute Gasteiger partial charge is 0.497 e. The van der Waals surface area contributed by atoms with Gasteiger partial charge in [-0.05, 0) is 52.2 Å². The van der Waals surface area contributed by atoms with Crippen molar-refractivity contribution in [2.75, 3.05) is 51.8 Å². The predicted octanol–water partition coefficient (Wildman–Crippen LogP) is 5.91. The summed E-state index contributed by atoms with van der Waals surface area (Å²) in [4.78, 5) is 22.7. The molecule has 1 saturated heterocycles. The molecule has 0 bridgehead atoms. The molecule has 0 saturated carbocycles. The van der Waals surface area contributed by atoms with E-state index in [4.69, 9.17) is 9.47 Å². The standard InChI is InChI=1S/C31H30N6O3/c1-39-26-8-5-22(6-9-26)23-7-10-27-28(24-3-2-4-25(17-24)35-38)20-37(29(27)18-23)31-19-30(33-21-34-31)32-11-12-36-13-15-40-16-14-36/h2-10,17-21H,11-16H2,1H3,(H,32,33,34). The van der Waals surface area contributed by atoms with Crippen molar-refractivity contribution in [2.45, 2.75) is 0 Å². The molecule has 9 nitrogen and oxygen atoms in total. The molecule has 1 fully saturated rings. The van der Waals surface area contributed by atoms with Crippen molar-refractivity contribution in [3.8, 4) is 33.8 Å². The molecule has 40 heavy (non-hydrogen) atoms. The molecule has 0 amide bonds. The lowest BCUT2D eigenvalue weighted by Gasteiger charge is -2.26. The Labute approximate surface area is 232 Å². The second-order valence-corrected chi connectivity index (χ2v) is 9.66. The van der Waals surface area contributed by atoms with Crippen LogP contribution in [0.4, 0.5) is 11.5 Å². The third-order valence-electron chi connectivity index (χ3n) is 7.23. The number of nitrogens with one attached hydrogen (secondary N) is 1. The van der Waals surface area contributed by atoms with Gasteiger partial charge >= 0.3 is 0 Å². The smallest absolute Gasteiger partial charge is 0.142 e. The molecule has 0 aliphatic carbocycles. The molecule has 3 heterocycles. The molecule has 202 valence electrons. The Balaban J connectivity index is 1.38. The van der Waals surface area contributed by atoms with E-state index in [-0.39, 0.29) is 0 Å². The molecule has 3 aromatic carbocycles. The van der Waals surface area contributed by atoms with Crippen LogP contribution < -0.4 is 10.1 Å². The number of nitroso groups, excluding NO2 is 1. The number of hydrogen-bond donors (Lipinski definition) is 1. The average Bonchev–Trinajstić information content (AvgIpc) is 3.41. The Kier molecular flexibility index (Phi) is 7.47. The Morgan fingerprint density at radius 2 is 1.77 bits per heavy atom. The average molecular weight is 535 g/mol. The summed E-state index contributed by atoms with van der Waals surface area (Å²) in [6.07, 6.45) is 3.65. The van der Waals surface area contributed by atoms with E-state index in [1.54, 1.807) is 19.5 Å². The van der Waals surface area contributed by atoms with Gasteiger partial charge in [0.15, 0.2) is 0 Å². The zero-order valence-corrected chi connectivity index (χ0v) is 22.3. The highest BCUT2D eigenvalue weighted by Crippen LogP contribution is 2.36. The minimum Gasteiger partial charge on any atom is -0.497 e. The van der Waals surface area contributed by atoms with Gasteiger partial charge in [0.2, 0.25) is 0 Å². The lowest BCUT2D eigenvalue weighted by Crippen LogP contribution is -2.39. The van der Waals surface area contributed by atoms with Crippen molar-refractivity contribution in [1.82, 2.24) is 19.4 Å². The summed E-state index contributed by atoms with van der Waals surface area (Å²) in [5, 5.41) is 7.63. The number of hydrogen-bond acceptors (Lipinski definition) is 8. The van der Waals surface area contributed by atoms with E-state index in [0.29, 0.717) is 5.69 Å². The van der Waals surface area contributed by atoms with Crippen molar-refractivity contribution in [1.29, 1.82) is 0 Å². The molecular weight excluding hydrogens is 504 g/mol. The molecule has 5 aromatic rings. The molecule has 0 unspecified atom stereocenters. The van der Waals surface area contributed by atoms with Crippen molar-refractivity contribution < 1.29 is 9.47 Å². The molecule has 6 rings (SSSR count). The number of rotatable bonds is 9. The molecule has 1 aliphatic heterocycles. The molecule has 0 radical (unpaired) electrons. The number of morpholine rings is 1. The van der Waals surface area contributed by atoms with Crippen LogP contribution in [0, 0.1) is 4.91 Å². The zero-order valence-electron chi connectivity index (χ0n) is 22.3. The second-order valence-electron chi connectivity index (χ2n) is 9.66. The first-order chi connectivity index (χ1) is 19.7. The van der Waals surface area contributed by atoms with Crippen LogP contribution in [0.5, 0.6) is 5.75 Å². The SMILES string of the molecule is COc1ccc(-c2ccc3c(-c4cccc(N=O)c4)cn(-c4cc(NCCN5CCOCC5)ncn4)c3c2)cc1. The highest BCUT2D eigenvalue weighted by molar-refractivity contribution is 5.99. The summed E-state index contributed by atoms with van der Waals surface area (Å²) in [6.45, 7) is 5.17. The van der Waals surface area contributed by atoms with Gasteiger partial charge in [-0.1, -0.05) is 36.4 Å². The number of methoxy groups -OCH3 is 1. The summed E-state index contributed by atoms with van der Waals surface area (Å²) in [6, 6.07) is 23.7. The van der Waals surface area contributed by atoms with Gasteiger partial charge in [-0.3, -0.25) is 4.90 Å². The van der Waals surface area contributed by atoms with Gasteiger partial charge in [0, 0.05) is 49.4 Å². The van der Waals surface area contributed by atoms with Gasteiger partial charge < -0.3 is 19.4 Å². The summed E-state index contributed by atoms with van der Waals surface area (Å²) >= 11 is 0. The van der Waals surface area contributed by atoms with Crippen LogP contribution in [-0.4, -0.2) is 65.9 Å². The quantitative estimate of drug-likeness (QED) is 0.235. The van der Waals surface area contributed by atoms with Crippen molar-refractivity contribution in [3.05, 3.63) is 90.2 Å². The molecule has 2 aromatic heterocycles. The lowest BCUT2D eigenvalue weighted by molar-refractivity contribution is 0.0398. The second kappa shape index (κ2) is 11.6. The molecule has 0 spiro atoms. The van der Waals surface area contributed by atoms with Crippen LogP contribution in [0.1, 0.15) is 0 Å². The van der Waals surface area contributed by atoms with Gasteiger partial charge in [0.1, 0.15) is 29.4 Å². The third kappa shape index (κ3) is 5.42. The van der Waals surface area contributed by atoms with E-state index in [9.17, 15) is 4.91 Å². The van der Waals surface area contributed by atoms with Gasteiger partial charge in [0.05, 0.1) is 25.8 Å². The summed E-state index contributed by atoms with van der Waals surface area (Å²) in [5.41, 5.74) is 5.44. The van der Waals surface area contributed by atoms with Crippen molar-refractivity contribution in [2.24, 2.45) is 5.18 Å². The number of aromatic nitrogens is 3. The summed E-state index contributed by atoms with van der Waals surface area (Å²) in [5.74, 6) is 2.32. The first-order valence-corrected chi connectivity index (χ1v) is 13.3. The van der Waals surface area contributed by atoms with Crippen LogP contribution in [0.15, 0.2) is 90.5 Å². The third-order valence-corrected chi connectivity index (χ3v) is 7.23. The Morgan fingerprint density at radius 1 is 0.950 bits per heavy atom. The maximum absolute atomic E-state index is 11.3. The predicted molar refractivity (Wildman–Crippen MR) is 157 cm³/mol. The summed E-state index contributed by atoms with van der Waals surface area (Å²) in [7, 11) is 1.66. The van der Waals surface area contributed by atoms with Gasteiger partial charge in [0.25, 0.3) is 0 Å². The highest BCUT2D eigenvalue weighted by Gasteiger charge is 2.15. The van der Waals surface area contributed by atoms with Crippen molar-refractivity contribution >= 4 is 22.4 Å². The van der Waals surface area contributed by atoms with Crippen LogP contribution in [0.3, 0.4) is 0 Å². The van der Waals surface area contributed by atoms with Gasteiger partial charge in [-0.25, -0.2) is 9.97 Å². The van der Waals surface area contributed by atoms with Crippen LogP contribution in [0.25, 0.3) is 39.0 Å². The number of anilines is 1. The number of nitrogens with zero attached hydrogens (tertiary/aromatic N) is 5. The van der Waals surface area contributed by atoms with E-state index >= 15 is 0 Å². The fraction of sp³-hybridized carbons (Fsp3) is 0.226. The van der Waals surface area contributed by atoms with E-state index in [2.05, 4.69) is 66.5 Å². The Bertz CT molecular complexity index is 1630. The van der Waals surface area contributed by atoms with E-state index in [0.717, 1.165) is 89.9 Å². The zero-order chi connectivity index (χ0) is 27.3. The van der Waals surface area contributed by atoms with E-state index in [1.165, 1.54) is 0 Å². The normalized spacial score (nSPS) is 13.8. The molecule has 1 N–H and O–H groups in total. The van der Waals surface area contributed by atoms with Crippen LogP contribution in [0.2, 0.25) is 0 Å². The Morgan fingerprint density at radius 3 is 2.58 bits per heavy atom.